The Morgan fingerprint density at radius 2 is 1.20 bits per heavy atom. The van der Waals surface area contributed by atoms with E-state index in [9.17, 15) is 7.53 Å². The van der Waals surface area contributed by atoms with Crippen molar-refractivity contribution in [2.24, 2.45) is 0 Å². The van der Waals surface area contributed by atoms with Gasteiger partial charge < -0.3 is 0 Å². The average Bonchev–Trinajstić information content (AvgIpc) is 1.46. The standard InChI is InChI=1S/2Cd.3FH/h;;3*1H/q+1;+2;;;/p-3. The summed E-state index contributed by atoms with van der Waals surface area (Å²) < 4.78 is 29.3. The number of hydrogen-bond acceptors (Lipinski definition) is 0. The fraction of sp³-hybridized carbons (Fsp3) is 0. The first-order valence-electron chi connectivity index (χ1n) is 0.802. The molecule has 0 nitrogen and oxygen atoms in total. The molecule has 0 bridgehead atoms. The van der Waals surface area contributed by atoms with Crippen LogP contribution in [0.3, 0.4) is 0 Å². The van der Waals surface area contributed by atoms with Crippen LogP contribution in [0.4, 0.5) is 7.53 Å². The molecule has 25 valence electrons. The Labute approximate surface area is 58.8 Å². The molecule has 0 N–H and O–H groups in total. The van der Waals surface area contributed by atoms with Crippen LogP contribution in [0.15, 0.2) is 0 Å². The Balaban J connectivity index is 0. The van der Waals surface area contributed by atoms with Crippen molar-refractivity contribution in [2.75, 3.05) is 0 Å². The first-order chi connectivity index (χ1) is 2.41. The second-order valence-corrected chi connectivity index (χ2v) is 0.678. The van der Waals surface area contributed by atoms with E-state index in [4.69, 9.17) is 0 Å². The van der Waals surface area contributed by atoms with Crippen molar-refractivity contribution < 1.29 is 59.4 Å². The van der Waals surface area contributed by atoms with E-state index >= 15 is 0 Å². The van der Waals surface area contributed by atoms with Crippen molar-refractivity contribution in [3.8, 4) is 0 Å². The second kappa shape index (κ2) is 17.4. The van der Waals surface area contributed by atoms with Crippen molar-refractivity contribution in [1.82, 2.24) is 0 Å². The summed E-state index contributed by atoms with van der Waals surface area (Å²) in [6.45, 7) is 0. The molecule has 0 saturated heterocycles. The Hall–Kier alpha value is 1.63. The molecule has 0 aliphatic carbocycles. The van der Waals surface area contributed by atoms with Crippen LogP contribution in [0.2, 0.25) is 0 Å². The molecule has 0 atom stereocenters. The Kier molecular flexibility index (Phi) is 34.2. The molecular formula is Cd2F3. The summed E-state index contributed by atoms with van der Waals surface area (Å²) in [5.41, 5.74) is 0. The number of rotatable bonds is 0. The molecule has 0 radical (unpaired) electrons. The van der Waals surface area contributed by atoms with Crippen LogP contribution in [-0.4, -0.2) is 0 Å². The van der Waals surface area contributed by atoms with Gasteiger partial charge in [0, 0.05) is 0 Å². The van der Waals surface area contributed by atoms with Gasteiger partial charge in [-0.1, -0.05) is 0 Å². The van der Waals surface area contributed by atoms with Crippen LogP contribution in [-0.2, 0) is 51.9 Å². The van der Waals surface area contributed by atoms with Gasteiger partial charge in [0.15, 0.2) is 0 Å². The number of halogens is 3. The zero-order valence-electron chi connectivity index (χ0n) is 2.55. The molecule has 5 heteroatoms. The minimum absolute atomic E-state index is 0.350. The third kappa shape index (κ3) is 27.9. The van der Waals surface area contributed by atoms with Crippen LogP contribution in [0, 0.1) is 0 Å². The number of hydrogen-bond donors (Lipinski definition) is 0. The molecule has 0 spiro atoms. The topological polar surface area (TPSA) is 0 Å². The summed E-state index contributed by atoms with van der Waals surface area (Å²) in [5, 5.41) is 0. The summed E-state index contributed by atoms with van der Waals surface area (Å²) in [5.74, 6) is 0. The maximum atomic E-state index is 9.84. The molecule has 0 saturated carbocycles. The van der Waals surface area contributed by atoms with Gasteiger partial charge in [0.1, 0.15) is 0 Å². The monoisotopic (exact) mass is 285 g/mol. The first kappa shape index (κ1) is 9.81. The molecule has 0 aliphatic rings. The maximum absolute atomic E-state index is 9.84. The molecule has 0 heterocycles. The molecule has 0 fully saturated rings. The molecule has 0 aromatic carbocycles. The predicted octanol–water partition coefficient (Wildman–Crippen LogP) is 1.26. The van der Waals surface area contributed by atoms with Gasteiger partial charge in [0.2, 0.25) is 0 Å². The van der Waals surface area contributed by atoms with Gasteiger partial charge in [0.05, 0.1) is 0 Å². The van der Waals surface area contributed by atoms with E-state index in [0.717, 1.165) is 0 Å². The zero-order valence-corrected chi connectivity index (χ0v) is 10.6. The van der Waals surface area contributed by atoms with Crippen molar-refractivity contribution in [3.05, 3.63) is 0 Å². The second-order valence-electron chi connectivity index (χ2n) is 0.101. The fourth-order valence-corrected chi connectivity index (χ4v) is 0. The molecule has 0 unspecified atom stereocenters. The summed E-state index contributed by atoms with van der Waals surface area (Å²) in [6, 6.07) is 0. The van der Waals surface area contributed by atoms with Crippen LogP contribution < -0.4 is 0 Å². The van der Waals surface area contributed by atoms with Crippen molar-refractivity contribution >= 4 is 0 Å². The Morgan fingerprint density at radius 1 is 1.20 bits per heavy atom. The van der Waals surface area contributed by atoms with E-state index in [2.05, 4.69) is 0 Å². The van der Waals surface area contributed by atoms with E-state index < -0.39 is 25.5 Å². The van der Waals surface area contributed by atoms with Crippen LogP contribution in [0.5, 0.6) is 0 Å². The Morgan fingerprint density at radius 3 is 1.20 bits per heavy atom. The third-order valence-electron chi connectivity index (χ3n) is 0. The van der Waals surface area contributed by atoms with Crippen molar-refractivity contribution in [1.29, 1.82) is 0 Å². The molecule has 5 heavy (non-hydrogen) atoms. The van der Waals surface area contributed by atoms with Gasteiger partial charge in [-0.05, 0) is 0 Å². The van der Waals surface area contributed by atoms with Crippen LogP contribution in [0.25, 0.3) is 0 Å². The van der Waals surface area contributed by atoms with Gasteiger partial charge >= 0.3 is 59.4 Å². The summed E-state index contributed by atoms with van der Waals surface area (Å²) >= 11 is -3.36. The SMILES string of the molecule is [F][Cd].[F][Cd][F]. The molecule has 0 aliphatic heterocycles. The van der Waals surface area contributed by atoms with Crippen molar-refractivity contribution in [2.45, 2.75) is 0 Å². The van der Waals surface area contributed by atoms with Gasteiger partial charge in [-0.3, -0.25) is 0 Å². The normalized spacial score (nSPS) is 3.40. The van der Waals surface area contributed by atoms with E-state index in [0.29, 0.717) is 0 Å². The zero-order chi connectivity index (χ0) is 4.71. The average molecular weight is 282 g/mol. The van der Waals surface area contributed by atoms with Crippen LogP contribution >= 0.6 is 0 Å². The molecule has 0 rings (SSSR count). The van der Waals surface area contributed by atoms with Crippen LogP contribution in [0.1, 0.15) is 0 Å². The van der Waals surface area contributed by atoms with Gasteiger partial charge in [-0.2, -0.15) is 0 Å². The molecular weight excluding hydrogens is 282 g/mol. The summed E-state index contributed by atoms with van der Waals surface area (Å²) in [4.78, 5) is 0. The molecule has 0 amide bonds. The minimum atomic E-state index is -3.01. The van der Waals surface area contributed by atoms with Crippen molar-refractivity contribution in [3.63, 3.8) is 0 Å². The summed E-state index contributed by atoms with van der Waals surface area (Å²) in [7, 11) is 0. The van der Waals surface area contributed by atoms with E-state index in [1.807, 2.05) is 0 Å². The van der Waals surface area contributed by atoms with E-state index in [1.54, 1.807) is 0 Å². The quantitative estimate of drug-likeness (QED) is 0.587. The third-order valence-corrected chi connectivity index (χ3v) is 0. The predicted molar refractivity (Wildman–Crippen MR) is 3.32 cm³/mol. The van der Waals surface area contributed by atoms with Gasteiger partial charge in [0.25, 0.3) is 0 Å². The molecule has 0 aromatic heterocycles. The van der Waals surface area contributed by atoms with E-state index in [1.165, 1.54) is 0 Å². The fourth-order valence-electron chi connectivity index (χ4n) is 0. The summed E-state index contributed by atoms with van der Waals surface area (Å²) in [6.07, 6.45) is 0. The van der Waals surface area contributed by atoms with E-state index in [-0.39, 0.29) is 26.4 Å². The van der Waals surface area contributed by atoms with Gasteiger partial charge in [-0.25, -0.2) is 0 Å². The first-order valence-corrected chi connectivity index (χ1v) is 5.38. The molecule has 0 aromatic rings. The Bertz CT molecular complexity index is 4.85. The van der Waals surface area contributed by atoms with Gasteiger partial charge in [-0.15, -0.1) is 0 Å².